The summed E-state index contributed by atoms with van der Waals surface area (Å²) in [7, 11) is -2.94. The van der Waals surface area contributed by atoms with Crippen molar-refractivity contribution in [2.75, 3.05) is 18.6 Å². The Morgan fingerprint density at radius 1 is 1.44 bits per heavy atom. The summed E-state index contributed by atoms with van der Waals surface area (Å²) in [6.45, 7) is 0.297. The van der Waals surface area contributed by atoms with Crippen LogP contribution >= 0.6 is 15.9 Å². The number of hydrogen-bond acceptors (Lipinski definition) is 3. The topological polar surface area (TPSA) is 43.4 Å². The van der Waals surface area contributed by atoms with Crippen molar-refractivity contribution in [2.24, 2.45) is 0 Å². The van der Waals surface area contributed by atoms with E-state index in [9.17, 15) is 12.8 Å². The number of ether oxygens (including phenoxy) is 1. The van der Waals surface area contributed by atoms with Crippen molar-refractivity contribution in [1.29, 1.82) is 0 Å². The van der Waals surface area contributed by atoms with Gasteiger partial charge in [0.2, 0.25) is 0 Å². The predicted octanol–water partition coefficient (Wildman–Crippen LogP) is 2.40. The van der Waals surface area contributed by atoms with Crippen LogP contribution in [-0.2, 0) is 9.84 Å². The second kappa shape index (κ2) is 5.63. The molecule has 0 aliphatic rings. The summed E-state index contributed by atoms with van der Waals surface area (Å²) in [6.07, 6.45) is 1.61. The number of hydrogen-bond donors (Lipinski definition) is 0. The minimum Gasteiger partial charge on any atom is -0.494 e. The molecule has 0 fully saturated rings. The molecule has 16 heavy (non-hydrogen) atoms. The van der Waals surface area contributed by atoms with E-state index in [0.717, 1.165) is 0 Å². The Morgan fingerprint density at radius 3 is 2.69 bits per heavy atom. The van der Waals surface area contributed by atoms with Crippen molar-refractivity contribution in [3.63, 3.8) is 0 Å². The zero-order valence-corrected chi connectivity index (χ0v) is 11.1. The molecule has 1 aromatic rings. The SMILES string of the molecule is CS(=O)(=O)CCCOc1ccc(F)c(Br)c1. The number of halogens is 2. The lowest BCUT2D eigenvalue weighted by Gasteiger charge is -2.06. The fourth-order valence-electron chi connectivity index (χ4n) is 1.08. The Morgan fingerprint density at radius 2 is 2.12 bits per heavy atom. The van der Waals surface area contributed by atoms with Crippen molar-refractivity contribution in [3.8, 4) is 5.75 Å². The number of benzene rings is 1. The van der Waals surface area contributed by atoms with Crippen molar-refractivity contribution < 1.29 is 17.5 Å². The van der Waals surface area contributed by atoms with Crippen molar-refractivity contribution >= 4 is 25.8 Å². The van der Waals surface area contributed by atoms with E-state index >= 15 is 0 Å². The summed E-state index contributed by atoms with van der Waals surface area (Å²) in [5, 5.41) is 0. The van der Waals surface area contributed by atoms with Gasteiger partial charge >= 0.3 is 0 Å². The molecule has 1 rings (SSSR count). The number of rotatable bonds is 5. The molecule has 0 amide bonds. The first-order valence-electron chi connectivity index (χ1n) is 4.64. The predicted molar refractivity (Wildman–Crippen MR) is 63.9 cm³/mol. The van der Waals surface area contributed by atoms with Gasteiger partial charge in [0.05, 0.1) is 16.8 Å². The Bertz CT molecular complexity index is 459. The standard InChI is InChI=1S/C10H12BrFO3S/c1-16(13,14)6-2-5-15-8-3-4-10(12)9(11)7-8/h3-4,7H,2,5-6H2,1H3. The van der Waals surface area contributed by atoms with Crippen LogP contribution < -0.4 is 4.74 Å². The van der Waals surface area contributed by atoms with Gasteiger partial charge in [-0.2, -0.15) is 0 Å². The minimum atomic E-state index is -2.94. The first-order valence-corrected chi connectivity index (χ1v) is 7.49. The average molecular weight is 311 g/mol. The van der Waals surface area contributed by atoms with Gasteiger partial charge in [-0.15, -0.1) is 0 Å². The molecule has 90 valence electrons. The maximum Gasteiger partial charge on any atom is 0.147 e. The Labute approximate surface area is 103 Å². The molecule has 0 N–H and O–H groups in total. The summed E-state index contributed by atoms with van der Waals surface area (Å²) in [5.41, 5.74) is 0. The highest BCUT2D eigenvalue weighted by Crippen LogP contribution is 2.21. The summed E-state index contributed by atoms with van der Waals surface area (Å²) >= 11 is 3.04. The zero-order valence-electron chi connectivity index (χ0n) is 8.74. The quantitative estimate of drug-likeness (QED) is 0.784. The molecule has 0 radical (unpaired) electrons. The van der Waals surface area contributed by atoms with Crippen molar-refractivity contribution in [2.45, 2.75) is 6.42 Å². The maximum absolute atomic E-state index is 12.9. The van der Waals surface area contributed by atoms with Gasteiger partial charge in [0.25, 0.3) is 0 Å². The van der Waals surface area contributed by atoms with Crippen molar-refractivity contribution in [1.82, 2.24) is 0 Å². The maximum atomic E-state index is 12.9. The van der Waals surface area contributed by atoms with Crippen LogP contribution in [0.3, 0.4) is 0 Å². The summed E-state index contributed by atoms with van der Waals surface area (Å²) < 4.78 is 40.1. The zero-order chi connectivity index (χ0) is 12.2. The summed E-state index contributed by atoms with van der Waals surface area (Å²) in [5.74, 6) is 0.250. The highest BCUT2D eigenvalue weighted by molar-refractivity contribution is 9.10. The fourth-order valence-corrected chi connectivity index (χ4v) is 2.08. The fraction of sp³-hybridized carbons (Fsp3) is 0.400. The van der Waals surface area contributed by atoms with Crippen LogP contribution in [-0.4, -0.2) is 27.0 Å². The van der Waals surface area contributed by atoms with E-state index in [4.69, 9.17) is 4.74 Å². The van der Waals surface area contributed by atoms with E-state index in [1.807, 2.05) is 0 Å². The molecule has 0 heterocycles. The summed E-state index contributed by atoms with van der Waals surface area (Å²) in [4.78, 5) is 0. The van der Waals surface area contributed by atoms with E-state index in [1.165, 1.54) is 24.5 Å². The summed E-state index contributed by atoms with van der Waals surface area (Å²) in [6, 6.07) is 4.30. The van der Waals surface area contributed by atoms with Crippen molar-refractivity contribution in [3.05, 3.63) is 28.5 Å². The van der Waals surface area contributed by atoms with Crippen LogP contribution in [0.15, 0.2) is 22.7 Å². The third-order valence-electron chi connectivity index (χ3n) is 1.82. The molecule has 0 atom stereocenters. The van der Waals surface area contributed by atoms with Crippen LogP contribution in [0.1, 0.15) is 6.42 Å². The highest BCUT2D eigenvalue weighted by atomic mass is 79.9. The largest absolute Gasteiger partial charge is 0.494 e. The Balaban J connectivity index is 2.41. The van der Waals surface area contributed by atoms with Gasteiger partial charge in [-0.1, -0.05) is 0 Å². The number of sulfone groups is 1. The normalized spacial score (nSPS) is 11.4. The van der Waals surface area contributed by atoms with E-state index < -0.39 is 9.84 Å². The molecule has 1 aromatic carbocycles. The first kappa shape index (κ1) is 13.4. The molecular weight excluding hydrogens is 299 g/mol. The molecule has 0 aliphatic heterocycles. The van der Waals surface area contributed by atoms with E-state index in [2.05, 4.69) is 15.9 Å². The van der Waals surface area contributed by atoms with Gasteiger partial charge in [-0.05, 0) is 40.5 Å². The molecular formula is C10H12BrFO3S. The molecule has 0 spiro atoms. The smallest absolute Gasteiger partial charge is 0.147 e. The lowest BCUT2D eigenvalue weighted by Crippen LogP contribution is -2.08. The Hall–Kier alpha value is -0.620. The third-order valence-corrected chi connectivity index (χ3v) is 3.46. The molecule has 0 aliphatic carbocycles. The van der Waals surface area contributed by atoms with Crippen LogP contribution in [0.4, 0.5) is 4.39 Å². The first-order chi connectivity index (χ1) is 7.38. The third kappa shape index (κ3) is 4.94. The minimum absolute atomic E-state index is 0.0926. The van der Waals surface area contributed by atoms with E-state index in [0.29, 0.717) is 23.2 Å². The van der Waals surface area contributed by atoms with Crippen LogP contribution in [0.25, 0.3) is 0 Å². The molecule has 0 bridgehead atoms. The monoisotopic (exact) mass is 310 g/mol. The average Bonchev–Trinajstić information content (AvgIpc) is 2.17. The van der Waals surface area contributed by atoms with Gasteiger partial charge in [0.1, 0.15) is 21.4 Å². The molecule has 0 aromatic heterocycles. The van der Waals surface area contributed by atoms with Crippen LogP contribution in [0.2, 0.25) is 0 Å². The highest BCUT2D eigenvalue weighted by Gasteiger charge is 2.03. The van der Waals surface area contributed by atoms with Gasteiger partial charge < -0.3 is 4.74 Å². The van der Waals surface area contributed by atoms with Gasteiger partial charge in [0.15, 0.2) is 0 Å². The van der Waals surface area contributed by atoms with E-state index in [-0.39, 0.29) is 11.6 Å². The van der Waals surface area contributed by atoms with Gasteiger partial charge in [-0.3, -0.25) is 0 Å². The second-order valence-electron chi connectivity index (χ2n) is 3.41. The van der Waals surface area contributed by atoms with E-state index in [1.54, 1.807) is 0 Å². The molecule has 6 heteroatoms. The molecule has 0 saturated heterocycles. The molecule has 0 saturated carbocycles. The van der Waals surface area contributed by atoms with Gasteiger partial charge in [-0.25, -0.2) is 12.8 Å². The van der Waals surface area contributed by atoms with Gasteiger partial charge in [0, 0.05) is 6.26 Å². The second-order valence-corrected chi connectivity index (χ2v) is 6.52. The molecule has 3 nitrogen and oxygen atoms in total. The lowest BCUT2D eigenvalue weighted by molar-refractivity contribution is 0.317. The molecule has 0 unspecified atom stereocenters. The Kier molecular flexibility index (Phi) is 4.73. The van der Waals surface area contributed by atoms with Crippen LogP contribution in [0, 0.1) is 5.82 Å². The lowest BCUT2D eigenvalue weighted by atomic mass is 10.3. The van der Waals surface area contributed by atoms with Crippen LogP contribution in [0.5, 0.6) is 5.75 Å².